The summed E-state index contributed by atoms with van der Waals surface area (Å²) in [6.45, 7) is 0.789. The van der Waals surface area contributed by atoms with Crippen molar-refractivity contribution in [2.24, 2.45) is 0 Å². The van der Waals surface area contributed by atoms with Crippen LogP contribution in [0.4, 0.5) is 18.9 Å². The van der Waals surface area contributed by atoms with Crippen LogP contribution >= 0.6 is 23.8 Å². The molecule has 5 aromatic carbocycles. The lowest BCUT2D eigenvalue weighted by Crippen LogP contribution is -2.52. The van der Waals surface area contributed by atoms with Gasteiger partial charge in [0.1, 0.15) is 12.4 Å². The van der Waals surface area contributed by atoms with E-state index in [0.29, 0.717) is 47.3 Å². The van der Waals surface area contributed by atoms with Crippen molar-refractivity contribution in [2.45, 2.75) is 44.8 Å². The van der Waals surface area contributed by atoms with E-state index in [4.69, 9.17) is 28.6 Å². The number of hydrogen-bond acceptors (Lipinski definition) is 6. The van der Waals surface area contributed by atoms with Crippen LogP contribution in [0.1, 0.15) is 39.1 Å². The molecule has 1 aromatic heterocycles. The van der Waals surface area contributed by atoms with Crippen molar-refractivity contribution in [3.05, 3.63) is 184 Å². The maximum absolute atomic E-state index is 14.6. The summed E-state index contributed by atoms with van der Waals surface area (Å²) in [5.41, 5.74) is 3.88. The smallest absolute Gasteiger partial charge is 0.416 e. The van der Waals surface area contributed by atoms with Crippen LogP contribution in [0.25, 0.3) is 0 Å². The fourth-order valence-electron chi connectivity index (χ4n) is 6.27. The summed E-state index contributed by atoms with van der Waals surface area (Å²) < 4.78 is 49.6. The first-order chi connectivity index (χ1) is 27.6. The molecule has 0 saturated carbocycles. The molecule has 0 fully saturated rings. The topological polar surface area (TPSA) is 95.2 Å². The van der Waals surface area contributed by atoms with Crippen molar-refractivity contribution < 1.29 is 22.7 Å². The van der Waals surface area contributed by atoms with Gasteiger partial charge in [0.05, 0.1) is 36.0 Å². The van der Waals surface area contributed by atoms with Gasteiger partial charge in [-0.15, -0.1) is 0 Å². The van der Waals surface area contributed by atoms with E-state index < -0.39 is 17.8 Å². The normalized spacial score (nSPS) is 11.7. The van der Waals surface area contributed by atoms with Crippen LogP contribution in [0.15, 0.2) is 140 Å². The Morgan fingerprint density at radius 2 is 1.58 bits per heavy atom. The molecule has 2 N–H and O–H groups in total. The minimum atomic E-state index is -4.53. The Morgan fingerprint density at radius 1 is 0.895 bits per heavy atom. The maximum Gasteiger partial charge on any atom is 0.416 e. The maximum atomic E-state index is 14.6. The van der Waals surface area contributed by atoms with E-state index in [1.807, 2.05) is 71.3 Å². The molecule has 6 aromatic rings. The van der Waals surface area contributed by atoms with Gasteiger partial charge in [-0.05, 0) is 95.5 Å². The molecule has 13 heteroatoms. The number of carbonyl (C=O) groups is 1. The first-order valence-corrected chi connectivity index (χ1v) is 18.8. The number of hydrogen-bond donors (Lipinski definition) is 2. The molecular formula is C44H38ClF3N6O2S. The van der Waals surface area contributed by atoms with Crippen molar-refractivity contribution in [3.63, 3.8) is 0 Å². The molecule has 0 aliphatic heterocycles. The van der Waals surface area contributed by atoms with E-state index in [9.17, 15) is 23.2 Å². The van der Waals surface area contributed by atoms with Gasteiger partial charge in [0, 0.05) is 42.2 Å². The number of thiocarbonyl (C=S) groups is 1. The number of nitrogens with one attached hydrogen (secondary N) is 2. The highest BCUT2D eigenvalue weighted by Crippen LogP contribution is 2.32. The third-order valence-corrected chi connectivity index (χ3v) is 9.73. The van der Waals surface area contributed by atoms with Crippen molar-refractivity contribution in [1.82, 2.24) is 19.8 Å². The average Bonchev–Trinajstić information content (AvgIpc) is 3.64. The van der Waals surface area contributed by atoms with E-state index >= 15 is 0 Å². The van der Waals surface area contributed by atoms with E-state index in [1.54, 1.807) is 55.0 Å². The van der Waals surface area contributed by atoms with Crippen LogP contribution in [-0.2, 0) is 43.5 Å². The van der Waals surface area contributed by atoms with Gasteiger partial charge in [-0.25, -0.2) is 4.98 Å². The quantitative estimate of drug-likeness (QED) is 0.100. The molecule has 290 valence electrons. The lowest BCUT2D eigenvalue weighted by Gasteiger charge is -2.33. The largest absolute Gasteiger partial charge is 0.489 e. The lowest BCUT2D eigenvalue weighted by molar-refractivity contribution is -0.138. The number of benzene rings is 5. The summed E-state index contributed by atoms with van der Waals surface area (Å²) in [5.74, 6) is 0.303. The molecule has 0 aliphatic rings. The predicted octanol–water partition coefficient (Wildman–Crippen LogP) is 9.22. The summed E-state index contributed by atoms with van der Waals surface area (Å²) >= 11 is 12.1. The summed E-state index contributed by atoms with van der Waals surface area (Å²) in [5, 5.41) is 16.2. The first kappa shape index (κ1) is 40.7. The molecule has 1 heterocycles. The Labute approximate surface area is 339 Å². The number of amides is 1. The highest BCUT2D eigenvalue weighted by atomic mass is 35.5. The van der Waals surface area contributed by atoms with Crippen LogP contribution in [0.2, 0.25) is 5.02 Å². The Morgan fingerprint density at radius 3 is 2.28 bits per heavy atom. The second-order valence-corrected chi connectivity index (χ2v) is 14.1. The highest BCUT2D eigenvalue weighted by Gasteiger charge is 2.33. The van der Waals surface area contributed by atoms with Crippen LogP contribution < -0.4 is 15.4 Å². The van der Waals surface area contributed by atoms with Gasteiger partial charge < -0.3 is 19.9 Å². The third kappa shape index (κ3) is 11.5. The Balaban J connectivity index is 1.29. The second kappa shape index (κ2) is 19.2. The number of anilines is 1. The zero-order valence-corrected chi connectivity index (χ0v) is 32.2. The molecule has 0 radical (unpaired) electrons. The zero-order valence-electron chi connectivity index (χ0n) is 30.6. The fraction of sp³-hybridized carbons (Fsp3) is 0.182. The van der Waals surface area contributed by atoms with Gasteiger partial charge in [-0.1, -0.05) is 84.4 Å². The van der Waals surface area contributed by atoms with Crippen molar-refractivity contribution in [1.29, 1.82) is 5.26 Å². The predicted molar refractivity (Wildman–Crippen MR) is 219 cm³/mol. The Kier molecular flexibility index (Phi) is 13.7. The van der Waals surface area contributed by atoms with Crippen LogP contribution in [0, 0.1) is 11.3 Å². The number of halogens is 4. The average molecular weight is 807 g/mol. The third-order valence-electron chi connectivity index (χ3n) is 9.18. The number of imidazole rings is 1. The first-order valence-electron chi connectivity index (χ1n) is 18.0. The van der Waals surface area contributed by atoms with Crippen molar-refractivity contribution in [3.8, 4) is 11.8 Å². The van der Waals surface area contributed by atoms with Gasteiger partial charge in [0.15, 0.2) is 5.11 Å². The number of rotatable bonds is 15. The van der Waals surface area contributed by atoms with Crippen LogP contribution in [-0.4, -0.2) is 38.1 Å². The van der Waals surface area contributed by atoms with Crippen molar-refractivity contribution >= 4 is 40.5 Å². The Hall–Kier alpha value is -6.00. The molecular weight excluding hydrogens is 769 g/mol. The zero-order chi connectivity index (χ0) is 40.2. The minimum Gasteiger partial charge on any atom is -0.489 e. The molecule has 57 heavy (non-hydrogen) atoms. The Bertz CT molecular complexity index is 2300. The SMILES string of the molecule is N#Cc1ccc(Cn2cncc2CC(=O)N(C(=S)Nc2ccc(Cl)cc2)[C@H](CNCc2ccccc2C(F)(F)F)Cc2ccc(OCc3ccccc3)cc2)cc1. The van der Waals surface area contributed by atoms with Crippen LogP contribution in [0.5, 0.6) is 5.75 Å². The van der Waals surface area contributed by atoms with Gasteiger partial charge in [-0.2, -0.15) is 18.4 Å². The summed E-state index contributed by atoms with van der Waals surface area (Å²) in [4.78, 5) is 20.4. The molecule has 0 spiro atoms. The van der Waals surface area contributed by atoms with E-state index in [1.165, 1.54) is 17.0 Å². The lowest BCUT2D eigenvalue weighted by atomic mass is 10.0. The molecule has 0 saturated heterocycles. The summed E-state index contributed by atoms with van der Waals surface area (Å²) in [7, 11) is 0. The molecule has 1 amide bonds. The number of nitriles is 1. The molecule has 1 atom stereocenters. The number of alkyl halides is 3. The van der Waals surface area contributed by atoms with E-state index in [0.717, 1.165) is 22.8 Å². The monoisotopic (exact) mass is 806 g/mol. The molecule has 0 unspecified atom stereocenters. The number of ether oxygens (including phenoxy) is 1. The van der Waals surface area contributed by atoms with E-state index in [2.05, 4.69) is 21.7 Å². The standard InChI is InChI=1S/C44H38ClF3N6O2S/c45-36-16-18-37(19-17-36)52-43(57)54(42(55)23-38-26-51-30-53(38)28-33-12-10-32(24-49)11-13-33)39(27-50-25-35-8-4-5-9-41(35)44(46,47)48)22-31-14-20-40(21-15-31)56-29-34-6-2-1-3-7-34/h1-21,26,30,39,50H,22-23,25,27-29H2,(H,52,57)/t39-/m0/s1. The molecule has 0 bridgehead atoms. The van der Waals surface area contributed by atoms with Crippen molar-refractivity contribution in [2.75, 3.05) is 11.9 Å². The molecule has 6 rings (SSSR count). The number of aromatic nitrogens is 2. The molecule has 0 aliphatic carbocycles. The van der Waals surface area contributed by atoms with Gasteiger partial charge >= 0.3 is 6.18 Å². The van der Waals surface area contributed by atoms with Gasteiger partial charge in [0.2, 0.25) is 5.91 Å². The summed E-state index contributed by atoms with van der Waals surface area (Å²) in [6.07, 6.45) is -1.07. The second-order valence-electron chi connectivity index (χ2n) is 13.3. The minimum absolute atomic E-state index is 0.0788. The number of carbonyl (C=O) groups excluding carboxylic acids is 1. The molecule has 8 nitrogen and oxygen atoms in total. The summed E-state index contributed by atoms with van der Waals surface area (Å²) in [6, 6.07) is 38.1. The number of nitrogens with zero attached hydrogens (tertiary/aromatic N) is 4. The van der Waals surface area contributed by atoms with E-state index in [-0.39, 0.29) is 36.1 Å². The fourth-order valence-corrected chi connectivity index (χ4v) is 6.77. The van der Waals surface area contributed by atoms with Gasteiger partial charge in [-0.3, -0.25) is 9.69 Å². The van der Waals surface area contributed by atoms with Crippen LogP contribution in [0.3, 0.4) is 0 Å². The highest BCUT2D eigenvalue weighted by molar-refractivity contribution is 7.80. The van der Waals surface area contributed by atoms with Gasteiger partial charge in [0.25, 0.3) is 0 Å².